The molecule has 0 saturated heterocycles. The second-order valence-electron chi connectivity index (χ2n) is 15.2. The topological polar surface area (TPSA) is 40.5 Å². The number of hydrogen-bond acceptors (Lipinski definition) is 2. The maximum Gasteiger partial charge on any atom is 0.126 e. The summed E-state index contributed by atoms with van der Waals surface area (Å²) in [6.07, 6.45) is 7.89. The number of allylic oxidation sites excluding steroid dienone is 4. The van der Waals surface area contributed by atoms with Gasteiger partial charge in [-0.05, 0) is 72.9 Å². The molecule has 2 nitrogen and oxygen atoms in total. The zero-order valence-electron chi connectivity index (χ0n) is 32.2. The summed E-state index contributed by atoms with van der Waals surface area (Å²) in [5, 5.41) is 21.8. The van der Waals surface area contributed by atoms with E-state index in [-0.39, 0.29) is 46.9 Å². The van der Waals surface area contributed by atoms with Gasteiger partial charge in [0.05, 0.1) is 0 Å². The van der Waals surface area contributed by atoms with Gasteiger partial charge >= 0.3 is 0 Å². The van der Waals surface area contributed by atoms with Crippen LogP contribution in [0.15, 0.2) is 121 Å². The molecule has 0 saturated carbocycles. The summed E-state index contributed by atoms with van der Waals surface area (Å²) in [4.78, 5) is 0. The van der Waals surface area contributed by atoms with Crippen molar-refractivity contribution in [3.63, 3.8) is 0 Å². The van der Waals surface area contributed by atoms with E-state index in [1.807, 2.05) is 88.4 Å². The Bertz CT molecular complexity index is 1620. The third kappa shape index (κ3) is 11.5. The van der Waals surface area contributed by atoms with Gasteiger partial charge in [-0.2, -0.15) is 0 Å². The summed E-state index contributed by atoms with van der Waals surface area (Å²) in [6.45, 7) is 29.4. The minimum Gasteiger partial charge on any atom is -0.507 e. The van der Waals surface area contributed by atoms with E-state index < -0.39 is 0 Å². The van der Waals surface area contributed by atoms with Crippen LogP contribution in [-0.4, -0.2) is 10.2 Å². The molecule has 3 heteroatoms. The van der Waals surface area contributed by atoms with E-state index in [4.69, 9.17) is 0 Å². The number of phenols is 2. The van der Waals surface area contributed by atoms with Crippen molar-refractivity contribution in [2.75, 3.05) is 0 Å². The molecule has 50 heavy (non-hydrogen) atoms. The Labute approximate surface area is 314 Å². The Morgan fingerprint density at radius 1 is 0.560 bits per heavy atom. The van der Waals surface area contributed by atoms with Gasteiger partial charge in [0.1, 0.15) is 11.5 Å². The zero-order chi connectivity index (χ0) is 35.8. The first-order chi connectivity index (χ1) is 22.5. The van der Waals surface area contributed by atoms with E-state index in [2.05, 4.69) is 103 Å². The fourth-order valence-electron chi connectivity index (χ4n) is 5.75. The fourth-order valence-corrected chi connectivity index (χ4v) is 5.75. The number of benzene rings is 4. The van der Waals surface area contributed by atoms with Crippen LogP contribution in [0.1, 0.15) is 126 Å². The van der Waals surface area contributed by atoms with Crippen LogP contribution >= 0.6 is 0 Å². The van der Waals surface area contributed by atoms with Crippen LogP contribution < -0.4 is 0 Å². The van der Waals surface area contributed by atoms with Crippen LogP contribution in [0, 0.1) is 7.43 Å². The van der Waals surface area contributed by atoms with Gasteiger partial charge in [-0.1, -0.05) is 150 Å². The quantitative estimate of drug-likeness (QED) is 0.141. The van der Waals surface area contributed by atoms with Gasteiger partial charge < -0.3 is 17.6 Å². The Morgan fingerprint density at radius 2 is 0.860 bits per heavy atom. The number of hydrogen-bond donors (Lipinski definition) is 2. The van der Waals surface area contributed by atoms with E-state index in [9.17, 15) is 10.2 Å². The summed E-state index contributed by atoms with van der Waals surface area (Å²) in [5.74, 6) is 0.631. The Kier molecular flexibility index (Phi) is 16.5. The molecule has 4 aromatic rings. The predicted molar refractivity (Wildman–Crippen MR) is 216 cm³/mol. The number of phenolic OH excluding ortho intramolecular Hbond substituents is 2. The molecule has 2 atom stereocenters. The molecule has 0 aliphatic heterocycles. The molecule has 1 radical (unpaired) electrons. The van der Waals surface area contributed by atoms with Crippen molar-refractivity contribution in [3.05, 3.63) is 173 Å². The second-order valence-corrected chi connectivity index (χ2v) is 15.2. The van der Waals surface area contributed by atoms with Crippen molar-refractivity contribution in [1.29, 1.82) is 0 Å². The van der Waals surface area contributed by atoms with E-state index in [0.29, 0.717) is 11.5 Å². The molecule has 0 bridgehead atoms. The average molecular weight is 715 g/mol. The Hall–Kier alpha value is -4.05. The Morgan fingerprint density at radius 3 is 1.10 bits per heavy atom. The van der Waals surface area contributed by atoms with E-state index in [1.165, 1.54) is 11.1 Å². The van der Waals surface area contributed by atoms with Gasteiger partial charge in [0, 0.05) is 50.9 Å². The second kappa shape index (κ2) is 18.8. The summed E-state index contributed by atoms with van der Waals surface area (Å²) in [5.41, 5.74) is 10.6. The normalized spacial score (nSPS) is 12.0. The number of rotatable bonds is 8. The zero-order valence-corrected chi connectivity index (χ0v) is 33.2. The minimum atomic E-state index is -0.0298. The van der Waals surface area contributed by atoms with E-state index in [1.54, 1.807) is 0 Å². The standard InChI is InChI=1S/2C23H28O.CH3.Co/c2*1-7-20(17-11-9-8-10-12-17)21-15-19(23(4,5)6)14-18(22(21)24)13-16(2)3;;/h2*7-15,20,24H,1H2,2-6H3;1H3;/q;;-1;. The summed E-state index contributed by atoms with van der Waals surface area (Å²) in [7, 11) is 0. The van der Waals surface area contributed by atoms with Crippen molar-refractivity contribution >= 4 is 12.2 Å². The average Bonchev–Trinajstić information content (AvgIpc) is 3.01. The maximum atomic E-state index is 10.9. The first-order valence-electron chi connectivity index (χ1n) is 16.9. The SMILES string of the molecule is C=CC(c1ccccc1)c1cc(C(C)(C)C)cc(C=C(C)C)c1O.C=CC(c1ccccc1)c1cc(C(C)(C)C)cc(C=C(C)C)c1O.[CH3-].[Co]. The first kappa shape index (κ1) is 44.0. The minimum absolute atomic E-state index is 0. The van der Waals surface area contributed by atoms with Crippen LogP contribution in [0.5, 0.6) is 11.5 Å². The monoisotopic (exact) mass is 714 g/mol. The smallest absolute Gasteiger partial charge is 0.126 e. The van der Waals surface area contributed by atoms with Gasteiger partial charge in [0.15, 0.2) is 0 Å². The van der Waals surface area contributed by atoms with Crippen LogP contribution in [0.2, 0.25) is 0 Å². The third-order valence-corrected chi connectivity index (χ3v) is 8.42. The molecule has 4 aromatic carbocycles. The molecule has 0 spiro atoms. The van der Waals surface area contributed by atoms with Crippen molar-refractivity contribution in [3.8, 4) is 11.5 Å². The first-order valence-corrected chi connectivity index (χ1v) is 16.9. The molecule has 0 aliphatic rings. The molecule has 0 aromatic heterocycles. The largest absolute Gasteiger partial charge is 0.507 e. The maximum absolute atomic E-state index is 10.9. The molecule has 2 N–H and O–H groups in total. The van der Waals surface area contributed by atoms with Crippen LogP contribution in [0.25, 0.3) is 12.2 Å². The molecule has 2 unspecified atom stereocenters. The van der Waals surface area contributed by atoms with Gasteiger partial charge in [-0.25, -0.2) is 0 Å². The molecule has 0 heterocycles. The van der Waals surface area contributed by atoms with E-state index >= 15 is 0 Å². The molecular formula is C47H59CoO2-. The molecule has 0 amide bonds. The van der Waals surface area contributed by atoms with Gasteiger partial charge in [-0.3, -0.25) is 0 Å². The molecule has 0 aliphatic carbocycles. The summed E-state index contributed by atoms with van der Waals surface area (Å²) in [6, 6.07) is 28.8. The summed E-state index contributed by atoms with van der Waals surface area (Å²) < 4.78 is 0. The molecule has 4 rings (SSSR count). The predicted octanol–water partition coefficient (Wildman–Crippen LogP) is 13.3. The third-order valence-electron chi connectivity index (χ3n) is 8.42. The van der Waals surface area contributed by atoms with Crippen LogP contribution in [-0.2, 0) is 27.6 Å². The van der Waals surface area contributed by atoms with Crippen molar-refractivity contribution in [1.82, 2.24) is 0 Å². The Balaban J connectivity index is 0.000000481. The van der Waals surface area contributed by atoms with Gasteiger partial charge in [0.2, 0.25) is 0 Å². The van der Waals surface area contributed by atoms with Crippen LogP contribution in [0.4, 0.5) is 0 Å². The molecular weight excluding hydrogens is 655 g/mol. The van der Waals surface area contributed by atoms with Crippen LogP contribution in [0.3, 0.4) is 0 Å². The summed E-state index contributed by atoms with van der Waals surface area (Å²) >= 11 is 0. The molecule has 0 fully saturated rings. The molecule has 269 valence electrons. The van der Waals surface area contributed by atoms with Gasteiger partial charge in [-0.15, -0.1) is 13.2 Å². The van der Waals surface area contributed by atoms with Crippen molar-refractivity contribution < 1.29 is 27.0 Å². The van der Waals surface area contributed by atoms with E-state index in [0.717, 1.165) is 44.5 Å². The van der Waals surface area contributed by atoms with Gasteiger partial charge in [0.25, 0.3) is 0 Å². The number of aromatic hydroxyl groups is 2. The van der Waals surface area contributed by atoms with Crippen molar-refractivity contribution in [2.45, 2.75) is 91.9 Å². The van der Waals surface area contributed by atoms with Crippen molar-refractivity contribution in [2.24, 2.45) is 0 Å². The fraction of sp³-hybridized carbons (Fsp3) is 0.298.